The molecule has 0 rings (SSSR count). The van der Waals surface area contributed by atoms with E-state index >= 15 is 0 Å². The minimum Gasteiger partial charge on any atom is -0.384 e. The molecule has 61 heavy (non-hydrogen) atoms. The predicted octanol–water partition coefficient (Wildman–Crippen LogP) is 18.4. The van der Waals surface area contributed by atoms with Crippen molar-refractivity contribution < 1.29 is 19.5 Å². The maximum atomic E-state index is 13.8. The molecule has 362 valence electrons. The second-order valence-electron chi connectivity index (χ2n) is 21.4. The molecule has 0 bridgehead atoms. The van der Waals surface area contributed by atoms with Gasteiger partial charge in [0.05, 0.1) is 0 Å². The van der Waals surface area contributed by atoms with Crippen LogP contribution in [0.1, 0.15) is 318 Å². The van der Waals surface area contributed by atoms with E-state index in [1.165, 1.54) is 193 Å². The fourth-order valence-corrected chi connectivity index (χ4v) is 9.27. The quantitative estimate of drug-likeness (QED) is 0.0489. The van der Waals surface area contributed by atoms with Gasteiger partial charge in [-0.15, -0.1) is 0 Å². The molecule has 0 amide bonds. The number of hydrogen-bond donors (Lipinski definition) is 1. The van der Waals surface area contributed by atoms with Gasteiger partial charge >= 0.3 is 0 Å². The Labute approximate surface area is 382 Å². The molecule has 0 aromatic rings. The van der Waals surface area contributed by atoms with Gasteiger partial charge in [0.15, 0.2) is 5.78 Å². The Morgan fingerprint density at radius 2 is 0.492 bits per heavy atom. The zero-order chi connectivity index (χ0) is 45.2. The van der Waals surface area contributed by atoms with E-state index in [2.05, 4.69) is 41.5 Å². The second kappa shape index (κ2) is 42.9. The highest BCUT2D eigenvalue weighted by atomic mass is 16.3. The molecule has 0 saturated carbocycles. The van der Waals surface area contributed by atoms with E-state index in [0.717, 1.165) is 75.5 Å². The molecule has 4 nitrogen and oxygen atoms in total. The molecule has 0 radical (unpaired) electrons. The number of Topliss-reactive ketones (excluding diaryl/α,β-unsaturated/α-hetero) is 3. The van der Waals surface area contributed by atoms with Gasteiger partial charge in [-0.1, -0.05) is 273 Å². The first kappa shape index (κ1) is 60.0. The molecule has 0 saturated heterocycles. The third-order valence-electron chi connectivity index (χ3n) is 13.8. The average molecular weight is 860 g/mol. The molecule has 1 unspecified atom stereocenters. The molecule has 0 aromatic heterocycles. The number of rotatable bonds is 49. The molecule has 0 aliphatic rings. The summed E-state index contributed by atoms with van der Waals surface area (Å²) in [5, 5.41) is 11.5. The lowest BCUT2D eigenvalue weighted by Crippen LogP contribution is -2.50. The Morgan fingerprint density at radius 3 is 0.705 bits per heavy atom. The summed E-state index contributed by atoms with van der Waals surface area (Å²) in [4.78, 5) is 41.1. The van der Waals surface area contributed by atoms with E-state index in [-0.39, 0.29) is 36.6 Å². The van der Waals surface area contributed by atoms with Crippen LogP contribution < -0.4 is 0 Å². The average Bonchev–Trinajstić information content (AvgIpc) is 3.22. The highest BCUT2D eigenvalue weighted by Crippen LogP contribution is 2.32. The van der Waals surface area contributed by atoms with Gasteiger partial charge in [0.2, 0.25) is 0 Å². The Hall–Kier alpha value is -1.03. The Bertz CT molecular complexity index is 934. The van der Waals surface area contributed by atoms with Crippen LogP contribution in [0.5, 0.6) is 0 Å². The molecule has 0 spiro atoms. The number of carbonyl (C=O) groups excluding carboxylic acids is 3. The van der Waals surface area contributed by atoms with E-state index in [1.54, 1.807) is 6.92 Å². The number of aliphatic hydroxyl groups excluding tert-OH is 1. The van der Waals surface area contributed by atoms with E-state index in [4.69, 9.17) is 0 Å². The van der Waals surface area contributed by atoms with Crippen LogP contribution in [0.3, 0.4) is 0 Å². The largest absolute Gasteiger partial charge is 0.384 e. The van der Waals surface area contributed by atoms with Crippen molar-refractivity contribution >= 4 is 17.3 Å². The molecule has 0 aliphatic carbocycles. The first-order valence-electron chi connectivity index (χ1n) is 27.7. The highest BCUT2D eigenvalue weighted by molar-refractivity contribution is 6.11. The Kier molecular flexibility index (Phi) is 42.2. The monoisotopic (exact) mass is 859 g/mol. The van der Waals surface area contributed by atoms with Crippen LogP contribution in [0.4, 0.5) is 0 Å². The lowest BCUT2D eigenvalue weighted by atomic mass is 9.71. The lowest BCUT2D eigenvalue weighted by molar-refractivity contribution is -0.154. The van der Waals surface area contributed by atoms with Gasteiger partial charge in [-0.2, -0.15) is 0 Å². The molecule has 0 aromatic carbocycles. The maximum absolute atomic E-state index is 13.8. The van der Waals surface area contributed by atoms with Gasteiger partial charge in [-0.25, -0.2) is 0 Å². The molecule has 1 atom stereocenters. The summed E-state index contributed by atoms with van der Waals surface area (Å²) in [5.41, 5.74) is -1.62. The van der Waals surface area contributed by atoms with E-state index in [1.807, 2.05) is 0 Å². The normalized spacial score (nSPS) is 12.6. The molecule has 1 N–H and O–H groups in total. The minimum atomic E-state index is -1.62. The summed E-state index contributed by atoms with van der Waals surface area (Å²) < 4.78 is 0. The topological polar surface area (TPSA) is 71.4 Å². The summed E-state index contributed by atoms with van der Waals surface area (Å²) in [6.45, 7) is 15.5. The predicted molar refractivity (Wildman–Crippen MR) is 268 cm³/mol. The fraction of sp³-hybridized carbons (Fsp3) is 0.947. The summed E-state index contributed by atoms with van der Waals surface area (Å²) in [6, 6.07) is 0. The fourth-order valence-electron chi connectivity index (χ4n) is 9.27. The van der Waals surface area contributed by atoms with Crippen molar-refractivity contribution in [3.63, 3.8) is 0 Å². The molecule has 0 aliphatic heterocycles. The molecule has 0 fully saturated rings. The SMILES string of the molecule is CC(C)CCCCCCCCCCCCCCC(=O)C(O)C(C)(C(=O)CCCCCCCCCCCCCCC(C)C)C(=O)CCCCCCCCCCCCCCC(C)C. The van der Waals surface area contributed by atoms with Crippen molar-refractivity contribution in [1.82, 2.24) is 0 Å². The van der Waals surface area contributed by atoms with Crippen molar-refractivity contribution in [3.8, 4) is 0 Å². The number of hydrogen-bond acceptors (Lipinski definition) is 4. The van der Waals surface area contributed by atoms with Crippen LogP contribution in [0.2, 0.25) is 0 Å². The van der Waals surface area contributed by atoms with Gasteiger partial charge in [0.25, 0.3) is 0 Å². The van der Waals surface area contributed by atoms with Crippen LogP contribution in [-0.2, 0) is 14.4 Å². The maximum Gasteiger partial charge on any atom is 0.162 e. The van der Waals surface area contributed by atoms with E-state index < -0.39 is 11.5 Å². The van der Waals surface area contributed by atoms with Gasteiger partial charge in [-0.3, -0.25) is 14.4 Å². The van der Waals surface area contributed by atoms with Gasteiger partial charge in [0, 0.05) is 19.3 Å². The molecule has 4 heteroatoms. The van der Waals surface area contributed by atoms with Gasteiger partial charge < -0.3 is 5.11 Å². The molecular weight excluding hydrogens is 749 g/mol. The molecular formula is C57H110O4. The first-order chi connectivity index (χ1) is 29.4. The van der Waals surface area contributed by atoms with Crippen molar-refractivity contribution in [2.45, 2.75) is 324 Å². The minimum absolute atomic E-state index is 0.220. The van der Waals surface area contributed by atoms with E-state index in [9.17, 15) is 19.5 Å². The number of ketones is 3. The van der Waals surface area contributed by atoms with E-state index in [0.29, 0.717) is 0 Å². The third-order valence-corrected chi connectivity index (χ3v) is 13.8. The van der Waals surface area contributed by atoms with Crippen LogP contribution in [0, 0.1) is 23.2 Å². The Morgan fingerprint density at radius 1 is 0.311 bits per heavy atom. The van der Waals surface area contributed by atoms with Crippen LogP contribution in [0.15, 0.2) is 0 Å². The van der Waals surface area contributed by atoms with Crippen molar-refractivity contribution in [2.24, 2.45) is 23.2 Å². The summed E-state index contributed by atoms with van der Waals surface area (Å²) in [7, 11) is 0. The standard InChI is InChI=1S/C57H110O4/c1-50(2)44-38-32-26-20-14-8-11-17-23-29-35-41-47-53(58)56(61)57(7,54(59)48-42-36-30-24-18-12-9-15-21-27-33-39-45-51(3)4)55(60)49-43-37-31-25-19-13-10-16-22-28-34-40-46-52(5)6/h50-52,56,61H,8-49H2,1-7H3. The third kappa shape index (κ3) is 37.0. The smallest absolute Gasteiger partial charge is 0.162 e. The summed E-state index contributed by atoms with van der Waals surface area (Å²) in [6.07, 6.45) is 47.5. The van der Waals surface area contributed by atoms with Crippen molar-refractivity contribution in [1.29, 1.82) is 0 Å². The molecule has 0 heterocycles. The van der Waals surface area contributed by atoms with Crippen LogP contribution in [-0.4, -0.2) is 28.6 Å². The highest BCUT2D eigenvalue weighted by Gasteiger charge is 2.48. The zero-order valence-electron chi connectivity index (χ0n) is 42.7. The second-order valence-corrected chi connectivity index (χ2v) is 21.4. The first-order valence-corrected chi connectivity index (χ1v) is 27.7. The van der Waals surface area contributed by atoms with Crippen LogP contribution in [0.25, 0.3) is 0 Å². The zero-order valence-corrected chi connectivity index (χ0v) is 42.7. The Balaban J connectivity index is 4.63. The van der Waals surface area contributed by atoms with Crippen molar-refractivity contribution in [2.75, 3.05) is 0 Å². The van der Waals surface area contributed by atoms with Gasteiger partial charge in [0.1, 0.15) is 23.1 Å². The number of unbranched alkanes of at least 4 members (excludes halogenated alkanes) is 33. The number of aliphatic hydroxyl groups is 1. The lowest BCUT2D eigenvalue weighted by Gasteiger charge is -2.31. The number of carbonyl (C=O) groups is 3. The summed E-state index contributed by atoms with van der Waals surface area (Å²) >= 11 is 0. The van der Waals surface area contributed by atoms with Gasteiger partial charge in [-0.05, 0) is 43.9 Å². The van der Waals surface area contributed by atoms with Crippen LogP contribution >= 0.6 is 0 Å². The summed E-state index contributed by atoms with van der Waals surface area (Å²) in [5.74, 6) is 1.72. The van der Waals surface area contributed by atoms with Crippen molar-refractivity contribution in [3.05, 3.63) is 0 Å².